The summed E-state index contributed by atoms with van der Waals surface area (Å²) in [7, 11) is 0. The molecule has 0 aromatic heterocycles. The molecule has 0 saturated heterocycles. The van der Waals surface area contributed by atoms with Crippen LogP contribution >= 0.6 is 0 Å². The van der Waals surface area contributed by atoms with Gasteiger partial charge in [0.15, 0.2) is 0 Å². The van der Waals surface area contributed by atoms with Crippen molar-refractivity contribution in [2.75, 3.05) is 19.8 Å². The summed E-state index contributed by atoms with van der Waals surface area (Å²) in [5, 5.41) is 0. The molecule has 9 heteroatoms. The van der Waals surface area contributed by atoms with Gasteiger partial charge in [-0.15, -0.1) is 0 Å². The Kier molecular flexibility index (Phi) is 13.1. The van der Waals surface area contributed by atoms with Crippen LogP contribution < -0.4 is 11.5 Å². The summed E-state index contributed by atoms with van der Waals surface area (Å²) in [4.78, 5) is 39.6. The number of nitrogens with two attached hydrogens (primary N) is 2. The lowest BCUT2D eigenvalue weighted by Crippen LogP contribution is -2.41. The first-order chi connectivity index (χ1) is 13.5. The van der Waals surface area contributed by atoms with Gasteiger partial charge < -0.3 is 25.7 Å². The van der Waals surface area contributed by atoms with Crippen molar-refractivity contribution >= 4 is 24.6 Å². The Hall–Kier alpha value is -2.00. The van der Waals surface area contributed by atoms with Gasteiger partial charge >= 0.3 is 17.9 Å². The van der Waals surface area contributed by atoms with Crippen molar-refractivity contribution in [2.24, 2.45) is 21.9 Å². The third-order valence-electron chi connectivity index (χ3n) is 4.30. The van der Waals surface area contributed by atoms with Crippen molar-refractivity contribution in [2.45, 2.75) is 77.9 Å². The molecule has 29 heavy (non-hydrogen) atoms. The van der Waals surface area contributed by atoms with E-state index in [0.29, 0.717) is 12.8 Å². The van der Waals surface area contributed by atoms with Gasteiger partial charge in [-0.1, -0.05) is 6.92 Å². The van der Waals surface area contributed by atoms with Crippen LogP contribution in [-0.4, -0.2) is 62.6 Å². The first-order valence-corrected chi connectivity index (χ1v) is 9.97. The van der Waals surface area contributed by atoms with Gasteiger partial charge in [0.1, 0.15) is 19.8 Å². The third-order valence-corrected chi connectivity index (χ3v) is 4.30. The average Bonchev–Trinajstić information content (AvgIpc) is 2.65. The molecule has 168 valence electrons. The predicted molar refractivity (Wildman–Crippen MR) is 110 cm³/mol. The molecular weight excluding hydrogens is 378 g/mol. The Morgan fingerprint density at radius 3 is 1.79 bits per heavy atom. The number of hydrogen-bond acceptors (Lipinski definition) is 9. The van der Waals surface area contributed by atoms with Gasteiger partial charge in [-0.25, -0.2) is 0 Å². The van der Waals surface area contributed by atoms with Gasteiger partial charge in [0.2, 0.25) is 0 Å². The molecule has 4 N–H and O–H groups in total. The largest absolute Gasteiger partial charge is 0.465 e. The molecule has 0 rings (SSSR count). The number of ether oxygens (including phenoxy) is 3. The molecule has 4 unspecified atom stereocenters. The van der Waals surface area contributed by atoms with Gasteiger partial charge in [-0.3, -0.25) is 19.4 Å². The van der Waals surface area contributed by atoms with E-state index in [2.05, 4.69) is 11.7 Å². The molecule has 0 bridgehead atoms. The van der Waals surface area contributed by atoms with E-state index in [1.54, 1.807) is 20.8 Å². The number of rotatable bonds is 15. The highest BCUT2D eigenvalue weighted by Crippen LogP contribution is 2.28. The molecule has 0 heterocycles. The molecule has 0 saturated carbocycles. The lowest BCUT2D eigenvalue weighted by molar-refractivity contribution is -0.162. The molecular formula is C20H37N3O6. The maximum atomic E-state index is 12.1. The second-order valence-corrected chi connectivity index (χ2v) is 7.77. The van der Waals surface area contributed by atoms with E-state index in [1.165, 1.54) is 0 Å². The Bertz CT molecular complexity index is 538. The third kappa shape index (κ3) is 13.0. The van der Waals surface area contributed by atoms with E-state index in [1.807, 2.05) is 6.92 Å². The van der Waals surface area contributed by atoms with E-state index in [0.717, 1.165) is 0 Å². The van der Waals surface area contributed by atoms with Crippen LogP contribution in [0.4, 0.5) is 0 Å². The van der Waals surface area contributed by atoms with Crippen molar-refractivity contribution in [3.05, 3.63) is 0 Å². The number of carbonyl (C=O) groups is 3. The second kappa shape index (κ2) is 14.1. The zero-order valence-corrected chi connectivity index (χ0v) is 18.1. The zero-order valence-electron chi connectivity index (χ0n) is 18.1. The predicted octanol–water partition coefficient (Wildman–Crippen LogP) is 1.36. The Labute approximate surface area is 173 Å². The minimum Gasteiger partial charge on any atom is -0.465 e. The van der Waals surface area contributed by atoms with Gasteiger partial charge in [0, 0.05) is 18.5 Å². The standard InChI is InChI=1S/C20H37N3O6/c1-6-17(24)27-11-20(8-7-14(2)21,12-28-18(25)9-15(3)22)13-29-19(26)10-16(4)23-5/h14-16H,5-13,21-22H2,1-4H3. The number of hydrogen-bond donors (Lipinski definition) is 2. The minimum atomic E-state index is -0.896. The van der Waals surface area contributed by atoms with E-state index in [9.17, 15) is 14.4 Å². The van der Waals surface area contributed by atoms with Crippen LogP contribution in [0.25, 0.3) is 0 Å². The number of esters is 3. The summed E-state index contributed by atoms with van der Waals surface area (Å²) in [6.45, 7) is 10.2. The van der Waals surface area contributed by atoms with E-state index in [4.69, 9.17) is 25.7 Å². The number of carbonyl (C=O) groups excluding carboxylic acids is 3. The van der Waals surface area contributed by atoms with E-state index < -0.39 is 23.3 Å². The van der Waals surface area contributed by atoms with E-state index in [-0.39, 0.29) is 57.2 Å². The molecule has 9 nitrogen and oxygen atoms in total. The van der Waals surface area contributed by atoms with Gasteiger partial charge in [0.25, 0.3) is 0 Å². The Morgan fingerprint density at radius 1 is 0.897 bits per heavy atom. The molecule has 0 aromatic rings. The number of nitrogens with zero attached hydrogens (tertiary/aromatic N) is 1. The summed E-state index contributed by atoms with van der Waals surface area (Å²) in [6, 6.07) is -0.746. The highest BCUT2D eigenvalue weighted by Gasteiger charge is 2.36. The molecule has 0 fully saturated rings. The SMILES string of the molecule is C=NC(C)CC(=O)OCC(CCC(C)N)(COC(=O)CC)COC(=O)CC(C)N. The van der Waals surface area contributed by atoms with Crippen molar-refractivity contribution in [1.82, 2.24) is 0 Å². The van der Waals surface area contributed by atoms with Gasteiger partial charge in [-0.2, -0.15) is 0 Å². The highest BCUT2D eigenvalue weighted by molar-refractivity contribution is 5.71. The van der Waals surface area contributed by atoms with Crippen LogP contribution in [-0.2, 0) is 28.6 Å². The summed E-state index contributed by atoms with van der Waals surface area (Å²) in [6.07, 6.45) is 1.34. The van der Waals surface area contributed by atoms with Crippen molar-refractivity contribution in [1.29, 1.82) is 0 Å². The molecule has 4 atom stereocenters. The molecule has 0 spiro atoms. The van der Waals surface area contributed by atoms with Crippen LogP contribution in [0, 0.1) is 5.41 Å². The Morgan fingerprint density at radius 2 is 1.38 bits per heavy atom. The maximum Gasteiger partial charge on any atom is 0.307 e. The fraction of sp³-hybridized carbons (Fsp3) is 0.800. The quantitative estimate of drug-likeness (QED) is 0.232. The summed E-state index contributed by atoms with van der Waals surface area (Å²) in [5.41, 5.74) is 10.6. The molecule has 0 aliphatic rings. The first-order valence-electron chi connectivity index (χ1n) is 9.97. The van der Waals surface area contributed by atoms with Crippen LogP contribution in [0.1, 0.15) is 59.8 Å². The van der Waals surface area contributed by atoms with E-state index >= 15 is 0 Å². The molecule has 0 aromatic carbocycles. The van der Waals surface area contributed by atoms with Crippen LogP contribution in [0.15, 0.2) is 4.99 Å². The minimum absolute atomic E-state index is 0.0552. The maximum absolute atomic E-state index is 12.1. The van der Waals surface area contributed by atoms with Crippen LogP contribution in [0.5, 0.6) is 0 Å². The molecule has 0 radical (unpaired) electrons. The highest BCUT2D eigenvalue weighted by atomic mass is 16.6. The molecule has 0 amide bonds. The fourth-order valence-corrected chi connectivity index (χ4v) is 2.36. The lowest BCUT2D eigenvalue weighted by atomic mass is 9.84. The van der Waals surface area contributed by atoms with Gasteiger partial charge in [-0.05, 0) is 40.3 Å². The lowest BCUT2D eigenvalue weighted by Gasteiger charge is -2.33. The topological polar surface area (TPSA) is 143 Å². The van der Waals surface area contributed by atoms with Crippen molar-refractivity contribution < 1.29 is 28.6 Å². The fourth-order valence-electron chi connectivity index (χ4n) is 2.36. The van der Waals surface area contributed by atoms with Crippen LogP contribution in [0.2, 0.25) is 0 Å². The summed E-state index contributed by atoms with van der Waals surface area (Å²) >= 11 is 0. The normalized spacial score (nSPS) is 16.1. The number of aliphatic imine (C=N–C) groups is 1. The second-order valence-electron chi connectivity index (χ2n) is 7.77. The molecule has 0 aliphatic carbocycles. The summed E-state index contributed by atoms with van der Waals surface area (Å²) < 4.78 is 16.1. The van der Waals surface area contributed by atoms with Crippen LogP contribution in [0.3, 0.4) is 0 Å². The monoisotopic (exact) mass is 415 g/mol. The molecule has 0 aliphatic heterocycles. The Balaban J connectivity index is 5.32. The first kappa shape index (κ1) is 27.0. The van der Waals surface area contributed by atoms with Crippen molar-refractivity contribution in [3.8, 4) is 0 Å². The smallest absolute Gasteiger partial charge is 0.307 e. The van der Waals surface area contributed by atoms with Gasteiger partial charge in [0.05, 0.1) is 24.3 Å². The average molecular weight is 416 g/mol. The van der Waals surface area contributed by atoms with Crippen molar-refractivity contribution in [3.63, 3.8) is 0 Å². The zero-order chi connectivity index (χ0) is 22.4. The summed E-state index contributed by atoms with van der Waals surface area (Å²) in [5.74, 6) is -1.32.